The van der Waals surface area contributed by atoms with Gasteiger partial charge in [0.05, 0.1) is 13.7 Å². The molecule has 0 N–H and O–H groups in total. The fourth-order valence-electron chi connectivity index (χ4n) is 2.67. The summed E-state index contributed by atoms with van der Waals surface area (Å²) in [7, 11) is 3.41. The molecule has 0 spiro atoms. The van der Waals surface area contributed by atoms with E-state index < -0.39 is 6.55 Å². The molecule has 0 radical (unpaired) electrons. The van der Waals surface area contributed by atoms with Crippen molar-refractivity contribution in [3.63, 3.8) is 0 Å². The molecular formula is C16H19F2N3O3. The Hall–Kier alpha value is -2.35. The van der Waals surface area contributed by atoms with Gasteiger partial charge in [-0.25, -0.2) is 4.98 Å². The first-order chi connectivity index (χ1) is 11.6. The number of hydrogen-bond donors (Lipinski definition) is 0. The van der Waals surface area contributed by atoms with Crippen LogP contribution in [-0.2, 0) is 13.1 Å². The molecule has 0 saturated heterocycles. The normalized spacial score (nSPS) is 13.6. The maximum Gasteiger partial charge on any atom is 0.319 e. The number of imidazole rings is 1. The van der Waals surface area contributed by atoms with Crippen LogP contribution in [0, 0.1) is 0 Å². The first-order valence-corrected chi connectivity index (χ1v) is 7.53. The number of halogens is 2. The molecule has 130 valence electrons. The molecule has 0 saturated carbocycles. The van der Waals surface area contributed by atoms with Crippen LogP contribution >= 0.6 is 0 Å². The number of benzene rings is 1. The molecule has 0 amide bonds. The summed E-state index contributed by atoms with van der Waals surface area (Å²) in [5.74, 6) is 2.16. The van der Waals surface area contributed by atoms with E-state index in [-0.39, 0.29) is 0 Å². The van der Waals surface area contributed by atoms with Gasteiger partial charge in [0.1, 0.15) is 19.0 Å². The standard InChI is InChI=1S/C16H19F2N3O3/c1-20(10-14-19-3-4-21(14)16(17)18)9-11-7-12(22-2)15-13(8-11)23-5-6-24-15/h3-4,7-8,16H,5-6,9-10H2,1-2H3. The second kappa shape index (κ2) is 7.04. The summed E-state index contributed by atoms with van der Waals surface area (Å²) in [6.45, 7) is -0.789. The molecule has 2 heterocycles. The van der Waals surface area contributed by atoms with Gasteiger partial charge in [0.15, 0.2) is 11.5 Å². The highest BCUT2D eigenvalue weighted by atomic mass is 19.3. The van der Waals surface area contributed by atoms with E-state index in [0.717, 1.165) is 10.1 Å². The van der Waals surface area contributed by atoms with Crippen LogP contribution in [0.3, 0.4) is 0 Å². The van der Waals surface area contributed by atoms with Crippen molar-refractivity contribution in [1.82, 2.24) is 14.5 Å². The highest BCUT2D eigenvalue weighted by Gasteiger charge is 2.19. The molecule has 2 aromatic rings. The van der Waals surface area contributed by atoms with E-state index in [4.69, 9.17) is 14.2 Å². The molecular weight excluding hydrogens is 320 g/mol. The zero-order valence-electron chi connectivity index (χ0n) is 13.5. The maximum absolute atomic E-state index is 12.9. The summed E-state index contributed by atoms with van der Waals surface area (Å²) in [6, 6.07) is 3.75. The minimum Gasteiger partial charge on any atom is -0.493 e. The number of alkyl halides is 2. The van der Waals surface area contributed by atoms with E-state index in [1.54, 1.807) is 7.11 Å². The third kappa shape index (κ3) is 3.43. The third-order valence-electron chi connectivity index (χ3n) is 3.71. The number of fused-ring (bicyclic) bond motifs is 1. The van der Waals surface area contributed by atoms with Crippen LogP contribution in [0.15, 0.2) is 24.5 Å². The SMILES string of the molecule is COc1cc(CN(C)Cc2nccn2C(F)F)cc2c1OCCO2. The van der Waals surface area contributed by atoms with E-state index in [2.05, 4.69) is 4.98 Å². The smallest absolute Gasteiger partial charge is 0.319 e. The second-order valence-corrected chi connectivity index (χ2v) is 5.52. The lowest BCUT2D eigenvalue weighted by Gasteiger charge is -2.23. The Balaban J connectivity index is 1.74. The Kier molecular flexibility index (Phi) is 4.84. The van der Waals surface area contributed by atoms with Crippen LogP contribution in [0.4, 0.5) is 8.78 Å². The van der Waals surface area contributed by atoms with Crippen molar-refractivity contribution in [3.8, 4) is 17.2 Å². The maximum atomic E-state index is 12.9. The van der Waals surface area contributed by atoms with Crippen molar-refractivity contribution in [2.75, 3.05) is 27.4 Å². The molecule has 1 aliphatic rings. The molecule has 0 bridgehead atoms. The zero-order chi connectivity index (χ0) is 17.1. The Morgan fingerprint density at radius 3 is 2.83 bits per heavy atom. The first kappa shape index (κ1) is 16.5. The van der Waals surface area contributed by atoms with Crippen molar-refractivity contribution in [2.45, 2.75) is 19.6 Å². The quantitative estimate of drug-likeness (QED) is 0.810. The summed E-state index contributed by atoms with van der Waals surface area (Å²) in [4.78, 5) is 5.89. The number of hydrogen-bond acceptors (Lipinski definition) is 5. The van der Waals surface area contributed by atoms with E-state index in [9.17, 15) is 8.78 Å². The van der Waals surface area contributed by atoms with Crippen LogP contribution in [0.1, 0.15) is 17.9 Å². The first-order valence-electron chi connectivity index (χ1n) is 7.53. The highest BCUT2D eigenvalue weighted by Crippen LogP contribution is 2.40. The van der Waals surface area contributed by atoms with Crippen molar-refractivity contribution in [1.29, 1.82) is 0 Å². The molecule has 1 aromatic carbocycles. The van der Waals surface area contributed by atoms with Crippen LogP contribution in [0.5, 0.6) is 17.2 Å². The molecule has 24 heavy (non-hydrogen) atoms. The molecule has 1 aliphatic heterocycles. The molecule has 0 aliphatic carbocycles. The lowest BCUT2D eigenvalue weighted by molar-refractivity contribution is 0.0644. The number of nitrogens with zero attached hydrogens (tertiary/aromatic N) is 3. The fraction of sp³-hybridized carbons (Fsp3) is 0.438. The van der Waals surface area contributed by atoms with Gasteiger partial charge in [-0.15, -0.1) is 0 Å². The molecule has 6 nitrogen and oxygen atoms in total. The topological polar surface area (TPSA) is 48.8 Å². The van der Waals surface area contributed by atoms with Crippen LogP contribution in [0.2, 0.25) is 0 Å². The lowest BCUT2D eigenvalue weighted by atomic mass is 10.1. The number of rotatable bonds is 6. The average Bonchev–Trinajstić information content (AvgIpc) is 3.02. The molecule has 3 rings (SSSR count). The minimum absolute atomic E-state index is 0.300. The van der Waals surface area contributed by atoms with Gasteiger partial charge in [-0.05, 0) is 24.7 Å². The lowest BCUT2D eigenvalue weighted by Crippen LogP contribution is -2.21. The van der Waals surface area contributed by atoms with Gasteiger partial charge in [-0.3, -0.25) is 9.47 Å². The molecule has 0 atom stereocenters. The Morgan fingerprint density at radius 2 is 2.08 bits per heavy atom. The summed E-state index contributed by atoms with van der Waals surface area (Å²) < 4.78 is 43.2. The largest absolute Gasteiger partial charge is 0.493 e. The summed E-state index contributed by atoms with van der Waals surface area (Å²) in [5, 5.41) is 0. The Morgan fingerprint density at radius 1 is 1.29 bits per heavy atom. The predicted molar refractivity (Wildman–Crippen MR) is 82.6 cm³/mol. The average molecular weight is 339 g/mol. The zero-order valence-corrected chi connectivity index (χ0v) is 13.5. The van der Waals surface area contributed by atoms with Gasteiger partial charge >= 0.3 is 6.55 Å². The number of aromatic nitrogens is 2. The van der Waals surface area contributed by atoms with E-state index >= 15 is 0 Å². The summed E-state index contributed by atoms with van der Waals surface area (Å²) in [5.41, 5.74) is 0.939. The fourth-order valence-corrected chi connectivity index (χ4v) is 2.67. The number of ether oxygens (including phenoxy) is 3. The second-order valence-electron chi connectivity index (χ2n) is 5.52. The summed E-state index contributed by atoms with van der Waals surface area (Å²) in [6.07, 6.45) is 2.66. The Labute approximate surface area is 138 Å². The van der Waals surface area contributed by atoms with Gasteiger partial charge in [0.25, 0.3) is 0 Å². The van der Waals surface area contributed by atoms with E-state index in [1.165, 1.54) is 12.4 Å². The molecule has 0 fully saturated rings. The van der Waals surface area contributed by atoms with Crippen molar-refractivity contribution in [2.24, 2.45) is 0 Å². The van der Waals surface area contributed by atoms with E-state index in [1.807, 2.05) is 24.1 Å². The van der Waals surface area contributed by atoms with E-state index in [0.29, 0.717) is 49.4 Å². The van der Waals surface area contributed by atoms with Gasteiger partial charge in [0.2, 0.25) is 5.75 Å². The van der Waals surface area contributed by atoms with Crippen molar-refractivity contribution >= 4 is 0 Å². The molecule has 0 unspecified atom stereocenters. The van der Waals surface area contributed by atoms with Gasteiger partial charge in [0, 0.05) is 18.9 Å². The van der Waals surface area contributed by atoms with Gasteiger partial charge in [-0.1, -0.05) is 0 Å². The highest BCUT2D eigenvalue weighted by molar-refractivity contribution is 5.54. The third-order valence-corrected chi connectivity index (χ3v) is 3.71. The molecule has 1 aromatic heterocycles. The van der Waals surface area contributed by atoms with Gasteiger partial charge in [-0.2, -0.15) is 8.78 Å². The Bertz CT molecular complexity index is 689. The summed E-state index contributed by atoms with van der Waals surface area (Å²) >= 11 is 0. The van der Waals surface area contributed by atoms with Crippen molar-refractivity contribution < 1.29 is 23.0 Å². The van der Waals surface area contributed by atoms with Gasteiger partial charge < -0.3 is 14.2 Å². The van der Waals surface area contributed by atoms with Crippen LogP contribution in [0.25, 0.3) is 0 Å². The monoisotopic (exact) mass is 339 g/mol. The minimum atomic E-state index is -2.59. The van der Waals surface area contributed by atoms with Crippen molar-refractivity contribution in [3.05, 3.63) is 35.9 Å². The van der Waals surface area contributed by atoms with Crippen LogP contribution in [-0.4, -0.2) is 41.8 Å². The van der Waals surface area contributed by atoms with Crippen LogP contribution < -0.4 is 14.2 Å². The predicted octanol–water partition coefficient (Wildman–Crippen LogP) is 2.69. The number of methoxy groups -OCH3 is 1. The molecule has 8 heteroatoms.